The van der Waals surface area contributed by atoms with E-state index in [1.807, 2.05) is 0 Å². The number of aliphatic imine (C=N–C) groups is 1. The third-order valence-corrected chi connectivity index (χ3v) is 3.73. The van der Waals surface area contributed by atoms with E-state index in [1.54, 1.807) is 20.8 Å². The quantitative estimate of drug-likeness (QED) is 0.360. The molecule has 1 amide bonds. The fourth-order valence-corrected chi connectivity index (χ4v) is 2.38. The molecule has 1 aliphatic heterocycles. The molecule has 0 radical (unpaired) electrons. The highest BCUT2D eigenvalue weighted by molar-refractivity contribution is 5.80. The van der Waals surface area contributed by atoms with Crippen molar-refractivity contribution in [3.8, 4) is 0 Å². The summed E-state index contributed by atoms with van der Waals surface area (Å²) in [7, 11) is 1.43. The number of amides is 1. The lowest BCUT2D eigenvalue weighted by Gasteiger charge is -2.40. The van der Waals surface area contributed by atoms with Crippen LogP contribution in [0.1, 0.15) is 26.3 Å². The van der Waals surface area contributed by atoms with E-state index in [0.29, 0.717) is 13.1 Å². The van der Waals surface area contributed by atoms with Crippen LogP contribution < -0.4 is 10.6 Å². The predicted octanol–water partition coefficient (Wildman–Crippen LogP) is 2.53. The summed E-state index contributed by atoms with van der Waals surface area (Å²) >= 11 is 0. The van der Waals surface area contributed by atoms with Crippen molar-refractivity contribution in [2.75, 3.05) is 20.1 Å². The first-order valence-corrected chi connectivity index (χ1v) is 8.28. The van der Waals surface area contributed by atoms with Crippen LogP contribution in [0.4, 0.5) is 22.4 Å². The van der Waals surface area contributed by atoms with E-state index in [9.17, 15) is 22.4 Å². The van der Waals surface area contributed by atoms with Gasteiger partial charge >= 0.3 is 6.09 Å². The van der Waals surface area contributed by atoms with Gasteiger partial charge in [0.2, 0.25) is 0 Å². The zero-order valence-corrected chi connectivity index (χ0v) is 15.5. The summed E-state index contributed by atoms with van der Waals surface area (Å²) in [4.78, 5) is 17.2. The van der Waals surface area contributed by atoms with Gasteiger partial charge < -0.3 is 20.3 Å². The van der Waals surface area contributed by atoms with Crippen LogP contribution >= 0.6 is 0 Å². The summed E-state index contributed by atoms with van der Waals surface area (Å²) in [6, 6.07) is 0.00331. The lowest BCUT2D eigenvalue weighted by atomic mass is 10.1. The molecule has 1 saturated heterocycles. The summed E-state index contributed by atoms with van der Waals surface area (Å²) in [5.74, 6) is -5.69. The molecule has 2 N–H and O–H groups in total. The van der Waals surface area contributed by atoms with Crippen molar-refractivity contribution < 1.29 is 27.1 Å². The van der Waals surface area contributed by atoms with Crippen molar-refractivity contribution in [1.82, 2.24) is 15.5 Å². The standard InChI is InChI=1S/C17H22F4N4O2/c1-17(2,3)27-16(26)25-7-9(8-25)24-15(22-4)23-6-10-13(20)11(18)5-12(19)14(10)21/h5,9H,6-8H2,1-4H3,(H2,22,23,24). The Hall–Kier alpha value is -2.52. The molecule has 0 aromatic heterocycles. The van der Waals surface area contributed by atoms with Crippen LogP contribution in [0.25, 0.3) is 0 Å². The maximum atomic E-state index is 13.7. The van der Waals surface area contributed by atoms with Crippen LogP contribution in [0, 0.1) is 23.3 Å². The number of benzene rings is 1. The molecular formula is C17H22F4N4O2. The molecule has 0 unspecified atom stereocenters. The molecule has 1 aromatic rings. The molecule has 1 aliphatic rings. The number of ether oxygens (including phenoxy) is 1. The van der Waals surface area contributed by atoms with Crippen molar-refractivity contribution in [2.24, 2.45) is 4.99 Å². The molecule has 0 saturated carbocycles. The van der Waals surface area contributed by atoms with Crippen LogP contribution in [0.2, 0.25) is 0 Å². The molecule has 10 heteroatoms. The van der Waals surface area contributed by atoms with Crippen molar-refractivity contribution in [1.29, 1.82) is 0 Å². The van der Waals surface area contributed by atoms with Gasteiger partial charge in [0.25, 0.3) is 0 Å². The number of likely N-dealkylation sites (tertiary alicyclic amines) is 1. The summed E-state index contributed by atoms with van der Waals surface area (Å²) < 4.78 is 59.0. The SMILES string of the molecule is CN=C(NCc1c(F)c(F)cc(F)c1F)NC1CN(C(=O)OC(C)(C)C)C1. The van der Waals surface area contributed by atoms with Gasteiger partial charge in [-0.05, 0) is 20.8 Å². The van der Waals surface area contributed by atoms with Crippen molar-refractivity contribution in [2.45, 2.75) is 39.0 Å². The second kappa shape index (κ2) is 8.01. The van der Waals surface area contributed by atoms with Gasteiger partial charge in [0, 0.05) is 38.3 Å². The minimum absolute atomic E-state index is 0.150. The highest BCUT2D eigenvalue weighted by atomic mass is 19.2. The largest absolute Gasteiger partial charge is 0.444 e. The number of carbonyl (C=O) groups is 1. The van der Waals surface area contributed by atoms with Gasteiger partial charge in [0.1, 0.15) is 5.60 Å². The van der Waals surface area contributed by atoms with E-state index in [-0.39, 0.29) is 18.1 Å². The number of rotatable bonds is 3. The molecule has 27 heavy (non-hydrogen) atoms. The Morgan fingerprint density at radius 2 is 1.78 bits per heavy atom. The Bertz CT molecular complexity index is 717. The molecule has 0 atom stereocenters. The molecule has 1 heterocycles. The second-order valence-electron chi connectivity index (χ2n) is 7.10. The molecule has 1 fully saturated rings. The summed E-state index contributed by atoms with van der Waals surface area (Å²) in [6.45, 7) is 5.49. The fraction of sp³-hybridized carbons (Fsp3) is 0.529. The van der Waals surface area contributed by atoms with Gasteiger partial charge in [-0.25, -0.2) is 22.4 Å². The third kappa shape index (κ3) is 5.24. The molecule has 2 rings (SSSR count). The smallest absolute Gasteiger partial charge is 0.410 e. The van der Waals surface area contributed by atoms with Gasteiger partial charge in [-0.1, -0.05) is 0 Å². The Morgan fingerprint density at radius 3 is 2.26 bits per heavy atom. The first-order valence-electron chi connectivity index (χ1n) is 8.28. The van der Waals surface area contributed by atoms with Crippen LogP contribution in [-0.4, -0.2) is 48.7 Å². The zero-order chi connectivity index (χ0) is 20.4. The Morgan fingerprint density at radius 1 is 1.22 bits per heavy atom. The van der Waals surface area contributed by atoms with E-state index >= 15 is 0 Å². The summed E-state index contributed by atoms with van der Waals surface area (Å²) in [5.41, 5.74) is -1.36. The van der Waals surface area contributed by atoms with Crippen LogP contribution in [0.5, 0.6) is 0 Å². The number of nitrogens with one attached hydrogen (secondary N) is 2. The monoisotopic (exact) mass is 390 g/mol. The summed E-state index contributed by atoms with van der Waals surface area (Å²) in [6.07, 6.45) is -0.442. The average molecular weight is 390 g/mol. The van der Waals surface area contributed by atoms with Crippen LogP contribution in [0.15, 0.2) is 11.1 Å². The first-order chi connectivity index (χ1) is 12.5. The van der Waals surface area contributed by atoms with Gasteiger partial charge in [-0.3, -0.25) is 4.99 Å². The zero-order valence-electron chi connectivity index (χ0n) is 15.5. The first kappa shape index (κ1) is 20.8. The number of carbonyl (C=O) groups excluding carboxylic acids is 1. The van der Waals surface area contributed by atoms with Crippen LogP contribution in [-0.2, 0) is 11.3 Å². The molecule has 0 aliphatic carbocycles. The van der Waals surface area contributed by atoms with Crippen molar-refractivity contribution in [3.05, 3.63) is 34.9 Å². The lowest BCUT2D eigenvalue weighted by Crippen LogP contribution is -2.63. The molecule has 150 valence electrons. The number of hydrogen-bond acceptors (Lipinski definition) is 3. The van der Waals surface area contributed by atoms with Crippen molar-refractivity contribution >= 4 is 12.1 Å². The molecule has 0 spiro atoms. The fourth-order valence-electron chi connectivity index (χ4n) is 2.38. The highest BCUT2D eigenvalue weighted by Crippen LogP contribution is 2.19. The minimum Gasteiger partial charge on any atom is -0.444 e. The van der Waals surface area contributed by atoms with Gasteiger partial charge in [0.15, 0.2) is 29.2 Å². The van der Waals surface area contributed by atoms with E-state index in [2.05, 4.69) is 15.6 Å². The maximum Gasteiger partial charge on any atom is 0.410 e. The van der Waals surface area contributed by atoms with E-state index in [4.69, 9.17) is 4.74 Å². The lowest BCUT2D eigenvalue weighted by molar-refractivity contribution is 0.00700. The normalized spacial score (nSPS) is 15.4. The maximum absolute atomic E-state index is 13.7. The van der Waals surface area contributed by atoms with Crippen molar-refractivity contribution in [3.63, 3.8) is 0 Å². The van der Waals surface area contributed by atoms with E-state index in [0.717, 1.165) is 0 Å². The molecule has 1 aromatic carbocycles. The predicted molar refractivity (Wildman–Crippen MR) is 91.2 cm³/mol. The minimum atomic E-state index is -1.47. The van der Waals surface area contributed by atoms with Crippen LogP contribution in [0.3, 0.4) is 0 Å². The Labute approximate surface area is 154 Å². The Kier molecular flexibility index (Phi) is 6.17. The number of hydrogen-bond donors (Lipinski definition) is 2. The van der Waals surface area contributed by atoms with E-state index in [1.165, 1.54) is 11.9 Å². The topological polar surface area (TPSA) is 66.0 Å². The highest BCUT2D eigenvalue weighted by Gasteiger charge is 2.34. The Balaban J connectivity index is 1.88. The average Bonchev–Trinajstić information content (AvgIpc) is 2.51. The number of halogens is 4. The number of nitrogens with zero attached hydrogens (tertiary/aromatic N) is 2. The molecule has 6 nitrogen and oxygen atoms in total. The number of guanidine groups is 1. The van der Waals surface area contributed by atoms with Gasteiger partial charge in [0.05, 0.1) is 6.04 Å². The third-order valence-electron chi connectivity index (χ3n) is 3.73. The molecule has 0 bridgehead atoms. The van der Waals surface area contributed by atoms with E-state index < -0.39 is 47.1 Å². The van der Waals surface area contributed by atoms with Gasteiger partial charge in [-0.15, -0.1) is 0 Å². The summed E-state index contributed by atoms with van der Waals surface area (Å²) in [5, 5.41) is 5.54. The van der Waals surface area contributed by atoms with Gasteiger partial charge in [-0.2, -0.15) is 0 Å². The second-order valence-corrected chi connectivity index (χ2v) is 7.10. The molecular weight excluding hydrogens is 368 g/mol.